The average molecular weight is 397 g/mol. The number of benzene rings is 2. The minimum atomic E-state index is -0.747. The van der Waals surface area contributed by atoms with E-state index in [0.29, 0.717) is 5.69 Å². The van der Waals surface area contributed by atoms with Crippen LogP contribution in [0.2, 0.25) is 0 Å². The molecular formula is C21H23N3O5. The van der Waals surface area contributed by atoms with Crippen molar-refractivity contribution in [2.75, 3.05) is 30.4 Å². The predicted octanol–water partition coefficient (Wildman–Crippen LogP) is 3.87. The molecule has 29 heavy (non-hydrogen) atoms. The Morgan fingerprint density at radius 2 is 1.72 bits per heavy atom. The minimum absolute atomic E-state index is 0.00805. The molecule has 152 valence electrons. The molecule has 0 radical (unpaired) electrons. The average Bonchev–Trinajstić information content (AvgIpc) is 2.74. The van der Waals surface area contributed by atoms with Gasteiger partial charge in [0.2, 0.25) is 0 Å². The molecule has 0 aromatic heterocycles. The summed E-state index contributed by atoms with van der Waals surface area (Å²) in [4.78, 5) is 37.1. The van der Waals surface area contributed by atoms with Gasteiger partial charge in [-0.25, -0.2) is 4.79 Å². The minimum Gasteiger partial charge on any atom is -0.465 e. The fourth-order valence-corrected chi connectivity index (χ4v) is 3.31. The Hall–Kier alpha value is -3.42. The third-order valence-electron chi connectivity index (χ3n) is 5.09. The molecule has 1 fully saturated rings. The number of hydrogen-bond acceptors (Lipinski definition) is 6. The summed E-state index contributed by atoms with van der Waals surface area (Å²) in [6.45, 7) is 4.28. The molecule has 0 saturated carbocycles. The number of esters is 1. The Labute approximate surface area is 168 Å². The molecule has 1 saturated heterocycles. The SMILES string of the molecule is COC(=O)c1cc(C(=O)Nc2ccc(N3CCC(C)CC3)cc2)cc([N+](=O)[O-])c1. The molecular weight excluding hydrogens is 374 g/mol. The van der Waals surface area contributed by atoms with Crippen LogP contribution in [0.5, 0.6) is 0 Å². The molecule has 1 N–H and O–H groups in total. The van der Waals surface area contributed by atoms with E-state index in [9.17, 15) is 19.7 Å². The van der Waals surface area contributed by atoms with Gasteiger partial charge in [-0.15, -0.1) is 0 Å². The molecule has 3 rings (SSSR count). The van der Waals surface area contributed by atoms with Crippen molar-refractivity contribution in [3.05, 3.63) is 63.7 Å². The van der Waals surface area contributed by atoms with Gasteiger partial charge in [-0.3, -0.25) is 14.9 Å². The highest BCUT2D eigenvalue weighted by molar-refractivity contribution is 6.06. The maximum Gasteiger partial charge on any atom is 0.338 e. The van der Waals surface area contributed by atoms with Crippen LogP contribution in [0.4, 0.5) is 17.1 Å². The molecule has 1 amide bonds. The first-order valence-corrected chi connectivity index (χ1v) is 9.41. The van der Waals surface area contributed by atoms with Crippen LogP contribution in [-0.2, 0) is 4.74 Å². The van der Waals surface area contributed by atoms with Crippen LogP contribution in [0, 0.1) is 16.0 Å². The van der Waals surface area contributed by atoms with Crippen molar-refractivity contribution < 1.29 is 19.2 Å². The Bertz CT molecular complexity index is 918. The van der Waals surface area contributed by atoms with Crippen LogP contribution >= 0.6 is 0 Å². The Balaban J connectivity index is 1.75. The first-order chi connectivity index (χ1) is 13.9. The van der Waals surface area contributed by atoms with E-state index >= 15 is 0 Å². The summed E-state index contributed by atoms with van der Waals surface area (Å²) < 4.78 is 4.60. The highest BCUT2D eigenvalue weighted by Crippen LogP contribution is 2.25. The number of nitro groups is 1. The van der Waals surface area contributed by atoms with Crippen LogP contribution < -0.4 is 10.2 Å². The number of nitro benzene ring substituents is 1. The number of anilines is 2. The third-order valence-corrected chi connectivity index (χ3v) is 5.09. The summed E-state index contributed by atoms with van der Waals surface area (Å²) in [6, 6.07) is 11.0. The standard InChI is InChI=1S/C21H23N3O5/c1-14-7-9-23(10-8-14)18-5-3-17(4-6-18)22-20(25)15-11-16(21(26)29-2)13-19(12-15)24(27)28/h3-6,11-14H,7-10H2,1-2H3,(H,22,25). The van der Waals surface area contributed by atoms with E-state index in [1.807, 2.05) is 12.1 Å². The zero-order chi connectivity index (χ0) is 21.0. The van der Waals surface area contributed by atoms with E-state index in [2.05, 4.69) is 21.9 Å². The quantitative estimate of drug-likeness (QED) is 0.467. The van der Waals surface area contributed by atoms with Gasteiger partial charge in [-0.2, -0.15) is 0 Å². The van der Waals surface area contributed by atoms with E-state index < -0.39 is 16.8 Å². The van der Waals surface area contributed by atoms with Crippen molar-refractivity contribution in [3.63, 3.8) is 0 Å². The van der Waals surface area contributed by atoms with Gasteiger partial charge in [0.05, 0.1) is 17.6 Å². The zero-order valence-electron chi connectivity index (χ0n) is 16.4. The maximum atomic E-state index is 12.6. The van der Waals surface area contributed by atoms with Gasteiger partial charge in [0.1, 0.15) is 0 Å². The number of piperidine rings is 1. The first kappa shape index (κ1) is 20.3. The van der Waals surface area contributed by atoms with Crippen LogP contribution in [0.25, 0.3) is 0 Å². The number of methoxy groups -OCH3 is 1. The highest BCUT2D eigenvalue weighted by Gasteiger charge is 2.19. The van der Waals surface area contributed by atoms with Gasteiger partial charge in [0.15, 0.2) is 0 Å². The predicted molar refractivity (Wildman–Crippen MR) is 109 cm³/mol. The van der Waals surface area contributed by atoms with E-state index in [1.165, 1.54) is 13.2 Å². The molecule has 8 heteroatoms. The van der Waals surface area contributed by atoms with Gasteiger partial charge >= 0.3 is 5.97 Å². The molecule has 1 heterocycles. The van der Waals surface area contributed by atoms with Gasteiger partial charge < -0.3 is 15.0 Å². The monoisotopic (exact) mass is 397 g/mol. The van der Waals surface area contributed by atoms with Crippen molar-refractivity contribution in [2.24, 2.45) is 5.92 Å². The lowest BCUT2D eigenvalue weighted by molar-refractivity contribution is -0.384. The summed E-state index contributed by atoms with van der Waals surface area (Å²) in [5, 5.41) is 13.8. The second-order valence-electron chi connectivity index (χ2n) is 7.19. The molecule has 0 bridgehead atoms. The number of carbonyl (C=O) groups is 2. The van der Waals surface area contributed by atoms with Crippen molar-refractivity contribution in [2.45, 2.75) is 19.8 Å². The largest absolute Gasteiger partial charge is 0.465 e. The summed E-state index contributed by atoms with van der Waals surface area (Å²) in [7, 11) is 1.17. The van der Waals surface area contributed by atoms with Crippen molar-refractivity contribution in [1.82, 2.24) is 0 Å². The topological polar surface area (TPSA) is 102 Å². The Morgan fingerprint density at radius 1 is 1.10 bits per heavy atom. The molecule has 0 unspecified atom stereocenters. The second-order valence-corrected chi connectivity index (χ2v) is 7.19. The second kappa shape index (κ2) is 8.72. The smallest absolute Gasteiger partial charge is 0.338 e. The molecule has 1 aliphatic rings. The molecule has 8 nitrogen and oxygen atoms in total. The van der Waals surface area contributed by atoms with Gasteiger partial charge in [-0.1, -0.05) is 6.92 Å². The van der Waals surface area contributed by atoms with Crippen molar-refractivity contribution in [3.8, 4) is 0 Å². The lowest BCUT2D eigenvalue weighted by Gasteiger charge is -2.32. The number of rotatable bonds is 5. The number of carbonyl (C=O) groups excluding carboxylic acids is 2. The molecule has 2 aromatic carbocycles. The van der Waals surface area contributed by atoms with Crippen LogP contribution in [0.3, 0.4) is 0 Å². The molecule has 1 aliphatic heterocycles. The zero-order valence-corrected chi connectivity index (χ0v) is 16.4. The lowest BCUT2D eigenvalue weighted by atomic mass is 9.99. The molecule has 2 aromatic rings. The maximum absolute atomic E-state index is 12.6. The first-order valence-electron chi connectivity index (χ1n) is 9.41. The van der Waals surface area contributed by atoms with Gasteiger partial charge in [-0.05, 0) is 49.1 Å². The van der Waals surface area contributed by atoms with Gasteiger partial charge in [0.25, 0.3) is 11.6 Å². The van der Waals surface area contributed by atoms with Crippen LogP contribution in [0.15, 0.2) is 42.5 Å². The summed E-state index contributed by atoms with van der Waals surface area (Å²) >= 11 is 0. The lowest BCUT2D eigenvalue weighted by Crippen LogP contribution is -2.32. The number of non-ortho nitro benzene ring substituents is 1. The summed E-state index contributed by atoms with van der Waals surface area (Å²) in [5.41, 5.74) is 1.26. The third kappa shape index (κ3) is 4.90. The van der Waals surface area contributed by atoms with Gasteiger partial charge in [0, 0.05) is 42.2 Å². The van der Waals surface area contributed by atoms with E-state index in [0.717, 1.165) is 49.7 Å². The molecule has 0 spiro atoms. The van der Waals surface area contributed by atoms with E-state index in [1.54, 1.807) is 12.1 Å². The van der Waals surface area contributed by atoms with Crippen molar-refractivity contribution in [1.29, 1.82) is 0 Å². The highest BCUT2D eigenvalue weighted by atomic mass is 16.6. The van der Waals surface area contributed by atoms with Crippen molar-refractivity contribution >= 4 is 28.9 Å². The molecule has 0 atom stereocenters. The molecule has 0 aliphatic carbocycles. The van der Waals surface area contributed by atoms with E-state index in [4.69, 9.17) is 0 Å². The summed E-state index contributed by atoms with van der Waals surface area (Å²) in [6.07, 6.45) is 2.32. The van der Waals surface area contributed by atoms with Crippen LogP contribution in [-0.4, -0.2) is 37.0 Å². The van der Waals surface area contributed by atoms with Crippen LogP contribution in [0.1, 0.15) is 40.5 Å². The number of nitrogens with one attached hydrogen (secondary N) is 1. The Kier molecular flexibility index (Phi) is 6.11. The Morgan fingerprint density at radius 3 is 2.31 bits per heavy atom. The summed E-state index contributed by atoms with van der Waals surface area (Å²) in [5.74, 6) is -0.545. The number of amides is 1. The fraction of sp³-hybridized carbons (Fsp3) is 0.333. The number of nitrogens with zero attached hydrogens (tertiary/aromatic N) is 2. The number of hydrogen-bond donors (Lipinski definition) is 1. The van der Waals surface area contributed by atoms with E-state index in [-0.39, 0.29) is 16.8 Å². The normalized spacial score (nSPS) is 14.3. The number of ether oxygens (including phenoxy) is 1. The fourth-order valence-electron chi connectivity index (χ4n) is 3.31.